The monoisotopic (exact) mass is 328 g/mol. The van der Waals surface area contributed by atoms with Crippen molar-refractivity contribution in [1.29, 1.82) is 0 Å². The van der Waals surface area contributed by atoms with E-state index in [1.54, 1.807) is 0 Å². The molecule has 2 aliphatic carbocycles. The Morgan fingerprint density at radius 1 is 1.22 bits per heavy atom. The van der Waals surface area contributed by atoms with Crippen LogP contribution < -0.4 is 4.74 Å². The van der Waals surface area contributed by atoms with Crippen LogP contribution in [0.15, 0.2) is 35.6 Å². The molecule has 1 aromatic carbocycles. The molecule has 4 heteroatoms. The molecule has 3 nitrogen and oxygen atoms in total. The van der Waals surface area contributed by atoms with Crippen LogP contribution in [0.25, 0.3) is 0 Å². The number of allylic oxidation sites excluding steroid dienone is 1. The highest BCUT2D eigenvalue weighted by Gasteiger charge is 2.49. The van der Waals surface area contributed by atoms with E-state index in [4.69, 9.17) is 9.16 Å². The van der Waals surface area contributed by atoms with Gasteiger partial charge in [0, 0.05) is 6.42 Å². The lowest BCUT2D eigenvalue weighted by atomic mass is 9.72. The van der Waals surface area contributed by atoms with Gasteiger partial charge in [-0.1, -0.05) is 12.1 Å². The summed E-state index contributed by atoms with van der Waals surface area (Å²) in [4.78, 5) is 13.1. The molecule has 1 saturated carbocycles. The highest BCUT2D eigenvalue weighted by atomic mass is 28.4. The number of rotatable bonds is 2. The molecule has 122 valence electrons. The van der Waals surface area contributed by atoms with Gasteiger partial charge in [-0.15, -0.1) is 0 Å². The molecular weight excluding hydrogens is 304 g/mol. The number of ether oxygens (including phenoxy) is 1. The van der Waals surface area contributed by atoms with Crippen LogP contribution >= 0.6 is 0 Å². The van der Waals surface area contributed by atoms with Crippen molar-refractivity contribution in [2.24, 2.45) is 11.8 Å². The Morgan fingerprint density at radius 2 is 2.00 bits per heavy atom. The van der Waals surface area contributed by atoms with Crippen LogP contribution in [0, 0.1) is 11.8 Å². The van der Waals surface area contributed by atoms with Gasteiger partial charge in [0.25, 0.3) is 0 Å². The van der Waals surface area contributed by atoms with Crippen molar-refractivity contribution in [2.75, 3.05) is 0 Å². The number of para-hydroxylation sites is 1. The SMILES string of the molecule is C[Si](C)(C)OC1=C2CCCC2[C@H]2C(=O)c3ccccc3O[C@H]2C1. The number of hydrogen-bond acceptors (Lipinski definition) is 3. The maximum absolute atomic E-state index is 13.1. The van der Waals surface area contributed by atoms with E-state index < -0.39 is 8.32 Å². The molecule has 0 radical (unpaired) electrons. The second kappa shape index (κ2) is 5.23. The van der Waals surface area contributed by atoms with Crippen molar-refractivity contribution in [1.82, 2.24) is 0 Å². The number of hydrogen-bond donors (Lipinski definition) is 0. The van der Waals surface area contributed by atoms with Crippen molar-refractivity contribution < 1.29 is 14.0 Å². The molecule has 0 bridgehead atoms. The molecule has 0 N–H and O–H groups in total. The van der Waals surface area contributed by atoms with E-state index in [2.05, 4.69) is 19.6 Å². The van der Waals surface area contributed by atoms with Crippen molar-refractivity contribution in [3.8, 4) is 5.75 Å². The summed E-state index contributed by atoms with van der Waals surface area (Å²) >= 11 is 0. The topological polar surface area (TPSA) is 35.5 Å². The van der Waals surface area contributed by atoms with Gasteiger partial charge in [0.15, 0.2) is 5.78 Å². The minimum absolute atomic E-state index is 0.0172. The Morgan fingerprint density at radius 3 is 2.78 bits per heavy atom. The fourth-order valence-corrected chi connectivity index (χ4v) is 5.33. The van der Waals surface area contributed by atoms with Gasteiger partial charge in [-0.05, 0) is 62.5 Å². The third kappa shape index (κ3) is 2.53. The summed E-state index contributed by atoms with van der Waals surface area (Å²) in [6.45, 7) is 6.66. The van der Waals surface area contributed by atoms with Crippen LogP contribution in [-0.2, 0) is 4.43 Å². The number of ketones is 1. The van der Waals surface area contributed by atoms with Gasteiger partial charge in [0.2, 0.25) is 8.32 Å². The van der Waals surface area contributed by atoms with Crippen LogP contribution in [0.5, 0.6) is 5.75 Å². The highest BCUT2D eigenvalue weighted by Crippen LogP contribution is 2.50. The summed E-state index contributed by atoms with van der Waals surface area (Å²) in [5, 5.41) is 0. The van der Waals surface area contributed by atoms with Gasteiger partial charge in [-0.25, -0.2) is 0 Å². The quantitative estimate of drug-likeness (QED) is 0.747. The average Bonchev–Trinajstić information content (AvgIpc) is 2.95. The molecule has 1 heterocycles. The normalized spacial score (nSPS) is 29.5. The number of carbonyl (C=O) groups excluding carboxylic acids is 1. The van der Waals surface area contributed by atoms with E-state index >= 15 is 0 Å². The standard InChI is InChI=1S/C19H24O3Si/c1-23(2,3)22-16-11-17-18(13-9-6-8-12(13)16)19(20)14-7-4-5-10-15(14)21-17/h4-5,7,10,13,17-18H,6,8-9,11H2,1-3H3/t13?,17-,18+/m0/s1. The minimum Gasteiger partial charge on any atom is -0.547 e. The van der Waals surface area contributed by atoms with Gasteiger partial charge in [-0.3, -0.25) is 4.79 Å². The molecule has 1 aliphatic heterocycles. The zero-order chi connectivity index (χ0) is 16.2. The Hall–Kier alpha value is -1.55. The molecule has 0 aromatic heterocycles. The Kier molecular flexibility index (Phi) is 3.41. The van der Waals surface area contributed by atoms with Crippen LogP contribution in [0.2, 0.25) is 19.6 Å². The zero-order valence-electron chi connectivity index (χ0n) is 14.1. The van der Waals surface area contributed by atoms with Gasteiger partial charge in [0.05, 0.1) is 17.2 Å². The number of fused-ring (bicyclic) bond motifs is 4. The first kappa shape index (κ1) is 15.0. The molecule has 3 aliphatic rings. The van der Waals surface area contributed by atoms with E-state index in [1.807, 2.05) is 24.3 Å². The van der Waals surface area contributed by atoms with Gasteiger partial charge < -0.3 is 9.16 Å². The lowest BCUT2D eigenvalue weighted by Crippen LogP contribution is -2.45. The summed E-state index contributed by atoms with van der Waals surface area (Å²) in [6.07, 6.45) is 4.03. The van der Waals surface area contributed by atoms with Gasteiger partial charge in [0.1, 0.15) is 11.9 Å². The first-order valence-electron chi connectivity index (χ1n) is 8.65. The van der Waals surface area contributed by atoms with E-state index in [0.29, 0.717) is 5.92 Å². The maximum atomic E-state index is 13.1. The van der Waals surface area contributed by atoms with Gasteiger partial charge in [-0.2, -0.15) is 0 Å². The minimum atomic E-state index is -1.65. The summed E-state index contributed by atoms with van der Waals surface area (Å²) in [5.41, 5.74) is 2.17. The second-order valence-electron chi connectivity index (χ2n) is 7.91. The van der Waals surface area contributed by atoms with E-state index in [0.717, 1.165) is 42.8 Å². The lowest BCUT2D eigenvalue weighted by molar-refractivity contribution is 0.0471. The predicted molar refractivity (Wildman–Crippen MR) is 92.1 cm³/mol. The molecule has 1 unspecified atom stereocenters. The average molecular weight is 328 g/mol. The number of Topliss-reactive ketones (excluding diaryl/α,β-unsaturated/α-hetero) is 1. The molecule has 1 fully saturated rings. The summed E-state index contributed by atoms with van der Waals surface area (Å²) in [7, 11) is -1.65. The lowest BCUT2D eigenvalue weighted by Gasteiger charge is -2.41. The molecule has 0 saturated heterocycles. The van der Waals surface area contributed by atoms with Crippen LogP contribution in [-0.4, -0.2) is 20.2 Å². The van der Waals surface area contributed by atoms with Crippen LogP contribution in [0.1, 0.15) is 36.0 Å². The second-order valence-corrected chi connectivity index (χ2v) is 12.3. The molecule has 0 spiro atoms. The van der Waals surface area contributed by atoms with E-state index in [1.165, 1.54) is 5.57 Å². The Balaban J connectivity index is 1.73. The van der Waals surface area contributed by atoms with Crippen molar-refractivity contribution in [3.05, 3.63) is 41.2 Å². The molecular formula is C19H24O3Si. The third-order valence-corrected chi connectivity index (χ3v) is 6.01. The maximum Gasteiger partial charge on any atom is 0.241 e. The van der Waals surface area contributed by atoms with Gasteiger partial charge >= 0.3 is 0 Å². The van der Waals surface area contributed by atoms with Crippen molar-refractivity contribution >= 4 is 14.1 Å². The van der Waals surface area contributed by atoms with Crippen molar-refractivity contribution in [3.63, 3.8) is 0 Å². The number of carbonyl (C=O) groups is 1. The zero-order valence-corrected chi connectivity index (χ0v) is 15.1. The third-order valence-electron chi connectivity index (χ3n) is 5.15. The summed E-state index contributed by atoms with van der Waals surface area (Å²) in [5.74, 6) is 2.46. The molecule has 1 aromatic rings. The summed E-state index contributed by atoms with van der Waals surface area (Å²) in [6, 6.07) is 7.68. The molecule has 3 atom stereocenters. The predicted octanol–water partition coefficient (Wildman–Crippen LogP) is 4.56. The van der Waals surface area contributed by atoms with E-state index in [9.17, 15) is 4.79 Å². The first-order valence-corrected chi connectivity index (χ1v) is 12.1. The smallest absolute Gasteiger partial charge is 0.241 e. The molecule has 4 rings (SSSR count). The highest BCUT2D eigenvalue weighted by molar-refractivity contribution is 6.70. The Labute approximate surface area is 138 Å². The fourth-order valence-electron chi connectivity index (χ4n) is 4.37. The largest absolute Gasteiger partial charge is 0.547 e. The van der Waals surface area contributed by atoms with Crippen LogP contribution in [0.3, 0.4) is 0 Å². The molecule has 23 heavy (non-hydrogen) atoms. The van der Waals surface area contributed by atoms with E-state index in [-0.39, 0.29) is 17.8 Å². The summed E-state index contributed by atoms with van der Waals surface area (Å²) < 4.78 is 12.6. The fraction of sp³-hybridized carbons (Fsp3) is 0.526. The van der Waals surface area contributed by atoms with Crippen LogP contribution in [0.4, 0.5) is 0 Å². The molecule has 0 amide bonds. The Bertz CT molecular complexity index is 686. The van der Waals surface area contributed by atoms with Crippen molar-refractivity contribution in [2.45, 2.75) is 51.4 Å². The first-order chi connectivity index (χ1) is 10.9. The number of benzene rings is 1.